The van der Waals surface area contributed by atoms with Gasteiger partial charge >= 0.3 is 5.69 Å². The first-order valence-corrected chi connectivity index (χ1v) is 8.84. The summed E-state index contributed by atoms with van der Waals surface area (Å²) in [6.07, 6.45) is 2.30. The Morgan fingerprint density at radius 1 is 0.960 bits per heavy atom. The highest BCUT2D eigenvalue weighted by molar-refractivity contribution is 5.85. The van der Waals surface area contributed by atoms with Crippen molar-refractivity contribution in [2.45, 2.75) is 46.2 Å². The van der Waals surface area contributed by atoms with E-state index in [1.807, 2.05) is 24.3 Å². The fourth-order valence-corrected chi connectivity index (χ4v) is 2.82. The van der Waals surface area contributed by atoms with Gasteiger partial charge in [-0.2, -0.15) is 0 Å². The van der Waals surface area contributed by atoms with Crippen LogP contribution in [-0.4, -0.2) is 34.7 Å². The number of hydrogen-bond donors (Lipinski definition) is 2. The lowest BCUT2D eigenvalue weighted by Gasteiger charge is -2.07. The van der Waals surface area contributed by atoms with E-state index in [4.69, 9.17) is 0 Å². The molecule has 7 heteroatoms. The number of aromatic nitrogens is 2. The molecule has 140 valence electrons. The SMILES string of the molecule is CCCNCCNC(=O)CCn1c(=O)n(CCC)c2ccccc21.Cl. The van der Waals surface area contributed by atoms with E-state index in [1.165, 1.54) is 0 Å². The molecule has 0 aliphatic carbocycles. The zero-order valence-electron chi connectivity index (χ0n) is 15.1. The minimum absolute atomic E-state index is 0. The number of rotatable bonds is 10. The minimum Gasteiger partial charge on any atom is -0.355 e. The van der Waals surface area contributed by atoms with Crippen LogP contribution in [0.15, 0.2) is 29.1 Å². The lowest BCUT2D eigenvalue weighted by Crippen LogP contribution is -2.33. The normalized spacial score (nSPS) is 10.6. The summed E-state index contributed by atoms with van der Waals surface area (Å²) < 4.78 is 3.50. The van der Waals surface area contributed by atoms with Crippen molar-refractivity contribution in [1.82, 2.24) is 19.8 Å². The van der Waals surface area contributed by atoms with Crippen LogP contribution in [-0.2, 0) is 17.9 Å². The molecule has 0 atom stereocenters. The van der Waals surface area contributed by atoms with Crippen LogP contribution in [0.4, 0.5) is 0 Å². The molecular formula is C18H29ClN4O2. The average molecular weight is 369 g/mol. The Kier molecular flexibility index (Phi) is 9.31. The second-order valence-electron chi connectivity index (χ2n) is 5.92. The summed E-state index contributed by atoms with van der Waals surface area (Å²) in [5.41, 5.74) is 1.80. The molecule has 0 bridgehead atoms. The number of hydrogen-bond acceptors (Lipinski definition) is 3. The number of halogens is 1. The summed E-state index contributed by atoms with van der Waals surface area (Å²) >= 11 is 0. The maximum absolute atomic E-state index is 12.6. The fraction of sp³-hybridized carbons (Fsp3) is 0.556. The maximum Gasteiger partial charge on any atom is 0.329 e. The van der Waals surface area contributed by atoms with Crippen LogP contribution in [0.3, 0.4) is 0 Å². The molecule has 1 heterocycles. The molecule has 1 amide bonds. The number of carbonyl (C=O) groups is 1. The van der Waals surface area contributed by atoms with Gasteiger partial charge in [-0.15, -0.1) is 12.4 Å². The second-order valence-corrected chi connectivity index (χ2v) is 5.92. The fourth-order valence-electron chi connectivity index (χ4n) is 2.82. The number of amides is 1. The van der Waals surface area contributed by atoms with Gasteiger partial charge < -0.3 is 10.6 Å². The molecule has 2 N–H and O–H groups in total. The van der Waals surface area contributed by atoms with Gasteiger partial charge in [-0.25, -0.2) is 4.79 Å². The van der Waals surface area contributed by atoms with Crippen LogP contribution in [0.2, 0.25) is 0 Å². The summed E-state index contributed by atoms with van der Waals surface area (Å²) in [4.78, 5) is 24.6. The number of aryl methyl sites for hydroxylation is 2. The van der Waals surface area contributed by atoms with Crippen molar-refractivity contribution in [3.8, 4) is 0 Å². The zero-order valence-corrected chi connectivity index (χ0v) is 15.9. The third kappa shape index (κ3) is 5.61. The van der Waals surface area contributed by atoms with E-state index in [0.717, 1.165) is 37.0 Å². The monoisotopic (exact) mass is 368 g/mol. The van der Waals surface area contributed by atoms with Crippen LogP contribution in [0.25, 0.3) is 11.0 Å². The van der Waals surface area contributed by atoms with Gasteiger partial charge in [0.05, 0.1) is 11.0 Å². The Balaban J connectivity index is 0.00000312. The molecule has 2 aromatic rings. The molecule has 1 aromatic carbocycles. The van der Waals surface area contributed by atoms with Crippen LogP contribution >= 0.6 is 12.4 Å². The van der Waals surface area contributed by atoms with Gasteiger partial charge in [0.1, 0.15) is 0 Å². The molecule has 0 unspecified atom stereocenters. The third-order valence-electron chi connectivity index (χ3n) is 3.99. The molecule has 0 radical (unpaired) electrons. The Labute approximate surface area is 155 Å². The van der Waals surface area contributed by atoms with Gasteiger partial charge in [0.25, 0.3) is 0 Å². The zero-order chi connectivity index (χ0) is 17.4. The quantitative estimate of drug-likeness (QED) is 0.631. The smallest absolute Gasteiger partial charge is 0.329 e. The summed E-state index contributed by atoms with van der Waals surface area (Å²) in [5, 5.41) is 6.13. The summed E-state index contributed by atoms with van der Waals surface area (Å²) in [7, 11) is 0. The van der Waals surface area contributed by atoms with Crippen molar-refractivity contribution in [1.29, 1.82) is 0 Å². The maximum atomic E-state index is 12.6. The Hall–Kier alpha value is -1.79. The largest absolute Gasteiger partial charge is 0.355 e. The van der Waals surface area contributed by atoms with Crippen molar-refractivity contribution in [2.24, 2.45) is 0 Å². The van der Waals surface area contributed by atoms with Gasteiger partial charge in [0.2, 0.25) is 5.91 Å². The number of carbonyl (C=O) groups excluding carboxylic acids is 1. The molecule has 0 saturated carbocycles. The minimum atomic E-state index is -0.0320. The average Bonchev–Trinajstić information content (AvgIpc) is 2.85. The number of nitrogens with one attached hydrogen (secondary N) is 2. The van der Waals surface area contributed by atoms with Crippen LogP contribution in [0.1, 0.15) is 33.1 Å². The van der Waals surface area contributed by atoms with Crippen molar-refractivity contribution in [2.75, 3.05) is 19.6 Å². The number of fused-ring (bicyclic) bond motifs is 1. The summed E-state index contributed by atoms with van der Waals surface area (Å²) in [6, 6.07) is 7.76. The van der Waals surface area contributed by atoms with Crippen LogP contribution < -0.4 is 16.3 Å². The molecule has 0 spiro atoms. The highest BCUT2D eigenvalue weighted by Crippen LogP contribution is 2.13. The standard InChI is InChI=1S/C18H28N4O2.ClH/c1-3-10-19-11-12-20-17(23)9-14-22-16-8-6-5-7-15(16)21(13-4-2)18(22)24;/h5-8,19H,3-4,9-14H2,1-2H3,(H,20,23);1H. The van der Waals surface area contributed by atoms with Crippen LogP contribution in [0, 0.1) is 0 Å². The predicted octanol–water partition coefficient (Wildman–Crippen LogP) is 2.14. The summed E-state index contributed by atoms with van der Waals surface area (Å²) in [6.45, 7) is 7.62. The molecule has 25 heavy (non-hydrogen) atoms. The van der Waals surface area contributed by atoms with E-state index in [9.17, 15) is 9.59 Å². The lowest BCUT2D eigenvalue weighted by atomic mass is 10.3. The first kappa shape index (κ1) is 21.3. The van der Waals surface area contributed by atoms with Crippen molar-refractivity contribution < 1.29 is 4.79 Å². The number of nitrogens with zero attached hydrogens (tertiary/aromatic N) is 2. The predicted molar refractivity (Wildman–Crippen MR) is 105 cm³/mol. The molecule has 1 aromatic heterocycles. The molecule has 0 saturated heterocycles. The van der Waals surface area contributed by atoms with Gasteiger partial charge in [-0.05, 0) is 31.5 Å². The van der Waals surface area contributed by atoms with E-state index in [2.05, 4.69) is 24.5 Å². The van der Waals surface area contributed by atoms with Crippen molar-refractivity contribution in [3.63, 3.8) is 0 Å². The van der Waals surface area contributed by atoms with Gasteiger partial charge in [0, 0.05) is 32.6 Å². The van der Waals surface area contributed by atoms with Gasteiger partial charge in [0.15, 0.2) is 0 Å². The van der Waals surface area contributed by atoms with Crippen molar-refractivity contribution in [3.05, 3.63) is 34.7 Å². The highest BCUT2D eigenvalue weighted by atomic mass is 35.5. The topological polar surface area (TPSA) is 68.1 Å². The van der Waals surface area contributed by atoms with E-state index in [0.29, 0.717) is 26.1 Å². The van der Waals surface area contributed by atoms with Crippen molar-refractivity contribution >= 4 is 29.3 Å². The van der Waals surface area contributed by atoms with Crippen LogP contribution in [0.5, 0.6) is 0 Å². The molecule has 0 aliphatic heterocycles. The highest BCUT2D eigenvalue weighted by Gasteiger charge is 2.13. The van der Waals surface area contributed by atoms with Gasteiger partial charge in [-0.3, -0.25) is 13.9 Å². The molecular weight excluding hydrogens is 340 g/mol. The molecule has 0 fully saturated rings. The summed E-state index contributed by atoms with van der Waals surface area (Å²) in [5.74, 6) is -0.0208. The number of imidazole rings is 1. The van der Waals surface area contributed by atoms with E-state index in [1.54, 1.807) is 9.13 Å². The number of benzene rings is 1. The number of para-hydroxylation sites is 2. The second kappa shape index (κ2) is 10.9. The Bertz CT molecular complexity index is 723. The first-order chi connectivity index (χ1) is 11.7. The van der Waals surface area contributed by atoms with E-state index in [-0.39, 0.29) is 24.0 Å². The molecule has 2 rings (SSSR count). The molecule has 6 nitrogen and oxygen atoms in total. The molecule has 0 aliphatic rings. The Morgan fingerprint density at radius 3 is 2.20 bits per heavy atom. The van der Waals surface area contributed by atoms with E-state index >= 15 is 0 Å². The first-order valence-electron chi connectivity index (χ1n) is 8.84. The van der Waals surface area contributed by atoms with E-state index < -0.39 is 0 Å². The van der Waals surface area contributed by atoms with Gasteiger partial charge in [-0.1, -0.05) is 26.0 Å². The lowest BCUT2D eigenvalue weighted by molar-refractivity contribution is -0.121. The third-order valence-corrected chi connectivity index (χ3v) is 3.99. The Morgan fingerprint density at radius 2 is 1.60 bits per heavy atom.